The molecule has 1 unspecified atom stereocenters. The van der Waals surface area contributed by atoms with E-state index >= 15 is 0 Å². The Morgan fingerprint density at radius 2 is 2.33 bits per heavy atom. The van der Waals surface area contributed by atoms with Crippen molar-refractivity contribution in [1.82, 2.24) is 9.88 Å². The van der Waals surface area contributed by atoms with E-state index in [0.717, 1.165) is 12.0 Å². The standard InChI is InChI=1S/C18H20FN3O3S2/c1-11-2-4-14(13(19)8-11)20-9-12-3-5-16(23)22(12)6-7-26-18-21-15(10-27-18)17(24)25/h2,4,8,10,12,20H,3,5-7,9H2,1H3,(H,24,25). The minimum Gasteiger partial charge on any atom is -0.476 e. The molecule has 144 valence electrons. The zero-order chi connectivity index (χ0) is 19.4. The summed E-state index contributed by atoms with van der Waals surface area (Å²) in [6.07, 6.45) is 1.23. The number of carbonyl (C=O) groups excluding carboxylic acids is 1. The second kappa shape index (κ2) is 8.71. The number of nitrogens with zero attached hydrogens (tertiary/aromatic N) is 2. The first kappa shape index (κ1) is 19.6. The molecule has 1 aliphatic rings. The van der Waals surface area contributed by atoms with Gasteiger partial charge in [0.05, 0.1) is 5.69 Å². The highest BCUT2D eigenvalue weighted by Crippen LogP contribution is 2.25. The summed E-state index contributed by atoms with van der Waals surface area (Å²) < 4.78 is 14.6. The number of thiazole rings is 1. The molecular formula is C18H20FN3O3S2. The molecule has 0 bridgehead atoms. The summed E-state index contributed by atoms with van der Waals surface area (Å²) in [6, 6.07) is 5.06. The predicted molar refractivity (Wildman–Crippen MR) is 104 cm³/mol. The fraction of sp³-hybridized carbons (Fsp3) is 0.389. The van der Waals surface area contributed by atoms with Crippen molar-refractivity contribution in [3.63, 3.8) is 0 Å². The number of amides is 1. The molecule has 0 saturated carbocycles. The van der Waals surface area contributed by atoms with Gasteiger partial charge in [-0.25, -0.2) is 14.2 Å². The lowest BCUT2D eigenvalue weighted by Crippen LogP contribution is -2.39. The second-order valence-electron chi connectivity index (χ2n) is 6.30. The molecule has 1 aromatic carbocycles. The zero-order valence-corrected chi connectivity index (χ0v) is 16.4. The number of rotatable bonds is 8. The van der Waals surface area contributed by atoms with Gasteiger partial charge in [-0.2, -0.15) is 0 Å². The number of aromatic nitrogens is 1. The van der Waals surface area contributed by atoms with Crippen molar-refractivity contribution < 1.29 is 19.1 Å². The first-order valence-corrected chi connectivity index (χ1v) is 10.4. The number of carbonyl (C=O) groups is 2. The average Bonchev–Trinajstić information content (AvgIpc) is 3.22. The van der Waals surface area contributed by atoms with Gasteiger partial charge in [0, 0.05) is 36.7 Å². The van der Waals surface area contributed by atoms with Crippen molar-refractivity contribution in [2.24, 2.45) is 0 Å². The van der Waals surface area contributed by atoms with E-state index < -0.39 is 5.97 Å². The maximum absolute atomic E-state index is 14.0. The Kier molecular flexibility index (Phi) is 6.33. The Labute approximate surface area is 164 Å². The number of aryl methyl sites for hydroxylation is 1. The summed E-state index contributed by atoms with van der Waals surface area (Å²) >= 11 is 2.72. The van der Waals surface area contributed by atoms with Gasteiger partial charge in [-0.05, 0) is 31.0 Å². The highest BCUT2D eigenvalue weighted by atomic mass is 32.2. The third-order valence-electron chi connectivity index (χ3n) is 4.37. The molecule has 1 fully saturated rings. The second-order valence-corrected chi connectivity index (χ2v) is 8.50. The maximum Gasteiger partial charge on any atom is 0.355 e. The molecule has 2 N–H and O–H groups in total. The van der Waals surface area contributed by atoms with Crippen molar-refractivity contribution in [3.8, 4) is 0 Å². The van der Waals surface area contributed by atoms with Crippen LogP contribution in [0.25, 0.3) is 0 Å². The van der Waals surface area contributed by atoms with Crippen LogP contribution in [0.3, 0.4) is 0 Å². The molecule has 27 heavy (non-hydrogen) atoms. The topological polar surface area (TPSA) is 82.5 Å². The van der Waals surface area contributed by atoms with Gasteiger partial charge in [0.25, 0.3) is 0 Å². The molecule has 1 aliphatic heterocycles. The summed E-state index contributed by atoms with van der Waals surface area (Å²) in [7, 11) is 0. The number of aromatic carboxylic acids is 1. The van der Waals surface area contributed by atoms with E-state index in [2.05, 4.69) is 10.3 Å². The number of anilines is 1. The molecule has 1 saturated heterocycles. The Morgan fingerprint density at radius 3 is 3.04 bits per heavy atom. The first-order chi connectivity index (χ1) is 12.9. The van der Waals surface area contributed by atoms with Gasteiger partial charge >= 0.3 is 5.97 Å². The molecule has 1 amide bonds. The van der Waals surface area contributed by atoms with Gasteiger partial charge in [-0.1, -0.05) is 17.8 Å². The van der Waals surface area contributed by atoms with Crippen LogP contribution >= 0.6 is 23.1 Å². The summed E-state index contributed by atoms with van der Waals surface area (Å²) in [5.41, 5.74) is 1.35. The minimum atomic E-state index is -1.04. The monoisotopic (exact) mass is 409 g/mol. The summed E-state index contributed by atoms with van der Waals surface area (Å²) in [5, 5.41) is 13.5. The summed E-state index contributed by atoms with van der Waals surface area (Å²) in [4.78, 5) is 28.9. The zero-order valence-electron chi connectivity index (χ0n) is 14.8. The van der Waals surface area contributed by atoms with E-state index in [-0.39, 0.29) is 23.5 Å². The normalized spacial score (nSPS) is 16.7. The molecule has 1 atom stereocenters. The van der Waals surface area contributed by atoms with Crippen LogP contribution in [0.5, 0.6) is 0 Å². The van der Waals surface area contributed by atoms with Crippen molar-refractivity contribution in [3.05, 3.63) is 40.7 Å². The Balaban J connectivity index is 1.52. The number of nitrogens with one attached hydrogen (secondary N) is 1. The van der Waals surface area contributed by atoms with Gasteiger partial charge in [-0.3, -0.25) is 4.79 Å². The number of thioether (sulfide) groups is 1. The number of hydrogen-bond acceptors (Lipinski definition) is 6. The number of carboxylic acids is 1. The van der Waals surface area contributed by atoms with Gasteiger partial charge < -0.3 is 15.3 Å². The van der Waals surface area contributed by atoms with Crippen LogP contribution in [-0.4, -0.2) is 51.8 Å². The molecule has 2 heterocycles. The number of likely N-dealkylation sites (tertiary alicyclic amines) is 1. The van der Waals surface area contributed by atoms with Gasteiger partial charge in [0.1, 0.15) is 5.82 Å². The summed E-state index contributed by atoms with van der Waals surface area (Å²) in [6.45, 7) is 2.88. The van der Waals surface area contributed by atoms with Gasteiger partial charge in [0.2, 0.25) is 5.91 Å². The number of carboxylic acid groups (broad SMARTS) is 1. The SMILES string of the molecule is Cc1ccc(NCC2CCC(=O)N2CCSc2nc(C(=O)O)cs2)c(F)c1. The lowest BCUT2D eigenvalue weighted by molar-refractivity contribution is -0.128. The first-order valence-electron chi connectivity index (χ1n) is 8.55. The van der Waals surface area contributed by atoms with Gasteiger partial charge in [0.15, 0.2) is 10.0 Å². The molecule has 9 heteroatoms. The van der Waals surface area contributed by atoms with Crippen molar-refractivity contribution in [2.75, 3.05) is 24.2 Å². The van der Waals surface area contributed by atoms with Crippen molar-refractivity contribution in [2.45, 2.75) is 30.1 Å². The smallest absolute Gasteiger partial charge is 0.355 e. The largest absolute Gasteiger partial charge is 0.476 e. The number of benzene rings is 1. The molecule has 6 nitrogen and oxygen atoms in total. The van der Waals surface area contributed by atoms with E-state index in [1.54, 1.807) is 6.07 Å². The molecule has 3 rings (SSSR count). The Hall–Kier alpha value is -2.13. The van der Waals surface area contributed by atoms with Crippen LogP contribution in [0.2, 0.25) is 0 Å². The number of halogens is 1. The van der Waals surface area contributed by atoms with E-state index in [1.807, 2.05) is 17.9 Å². The molecular weight excluding hydrogens is 389 g/mol. The minimum absolute atomic E-state index is 0.0182. The highest BCUT2D eigenvalue weighted by molar-refractivity contribution is 8.01. The van der Waals surface area contributed by atoms with Crippen LogP contribution in [-0.2, 0) is 4.79 Å². The van der Waals surface area contributed by atoms with E-state index in [4.69, 9.17) is 5.11 Å². The quantitative estimate of drug-likeness (QED) is 0.650. The van der Waals surface area contributed by atoms with E-state index in [1.165, 1.54) is 34.5 Å². The number of hydrogen-bond donors (Lipinski definition) is 2. The lowest BCUT2D eigenvalue weighted by Gasteiger charge is -2.25. The van der Waals surface area contributed by atoms with Crippen LogP contribution in [0.1, 0.15) is 28.9 Å². The van der Waals surface area contributed by atoms with Crippen molar-refractivity contribution >= 4 is 40.7 Å². The molecule has 0 aliphatic carbocycles. The lowest BCUT2D eigenvalue weighted by atomic mass is 10.2. The Morgan fingerprint density at radius 1 is 1.52 bits per heavy atom. The van der Waals surface area contributed by atoms with Crippen molar-refractivity contribution in [1.29, 1.82) is 0 Å². The van der Waals surface area contributed by atoms with E-state index in [9.17, 15) is 14.0 Å². The third-order valence-corrected chi connectivity index (χ3v) is 6.37. The van der Waals surface area contributed by atoms with Gasteiger partial charge in [-0.15, -0.1) is 11.3 Å². The highest BCUT2D eigenvalue weighted by Gasteiger charge is 2.30. The predicted octanol–water partition coefficient (Wildman–Crippen LogP) is 3.48. The third kappa shape index (κ3) is 4.98. The fourth-order valence-electron chi connectivity index (χ4n) is 2.96. The van der Waals surface area contributed by atoms with Crippen LogP contribution in [0.15, 0.2) is 27.9 Å². The van der Waals surface area contributed by atoms with Crippen LogP contribution in [0.4, 0.5) is 10.1 Å². The van der Waals surface area contributed by atoms with Crippen LogP contribution in [0, 0.1) is 12.7 Å². The molecule has 0 spiro atoms. The maximum atomic E-state index is 14.0. The molecule has 2 aromatic rings. The summed E-state index contributed by atoms with van der Waals surface area (Å²) in [5.74, 6) is -0.605. The molecule has 0 radical (unpaired) electrons. The molecule has 1 aromatic heterocycles. The fourth-order valence-corrected chi connectivity index (χ4v) is 4.77. The average molecular weight is 410 g/mol. The Bertz CT molecular complexity index is 843. The van der Waals surface area contributed by atoms with E-state index in [0.29, 0.717) is 35.3 Å². The van der Waals surface area contributed by atoms with Crippen LogP contribution < -0.4 is 5.32 Å².